The molecule has 0 atom stereocenters. The van der Waals surface area contributed by atoms with Crippen molar-refractivity contribution in [1.82, 2.24) is 19.9 Å². The quantitative estimate of drug-likeness (QED) is 0.198. The summed E-state index contributed by atoms with van der Waals surface area (Å²) in [4.78, 5) is 14.9. The van der Waals surface area contributed by atoms with Gasteiger partial charge in [-0.2, -0.15) is 0 Å². The Bertz CT molecular complexity index is 876. The molecule has 0 unspecified atom stereocenters. The van der Waals surface area contributed by atoms with Crippen molar-refractivity contribution in [1.29, 1.82) is 0 Å². The van der Waals surface area contributed by atoms with Crippen molar-refractivity contribution in [2.24, 2.45) is 0 Å². The summed E-state index contributed by atoms with van der Waals surface area (Å²) < 4.78 is 0. The number of aryl methyl sites for hydroxylation is 4. The van der Waals surface area contributed by atoms with Gasteiger partial charge in [-0.1, -0.05) is 24.3 Å². The minimum absolute atomic E-state index is 0.0880. The van der Waals surface area contributed by atoms with Crippen LogP contribution in [0.2, 0.25) is 0 Å². The van der Waals surface area contributed by atoms with E-state index in [4.69, 9.17) is 20.4 Å². The molecule has 0 saturated carbocycles. The summed E-state index contributed by atoms with van der Waals surface area (Å²) in [7, 11) is 0. The van der Waals surface area contributed by atoms with E-state index in [1.807, 2.05) is 68.2 Å². The molecule has 4 N–H and O–H groups in total. The summed E-state index contributed by atoms with van der Waals surface area (Å²) in [6.45, 7) is 7.33. The van der Waals surface area contributed by atoms with Crippen LogP contribution in [0.3, 0.4) is 0 Å². The Labute approximate surface area is 218 Å². The van der Waals surface area contributed by atoms with Crippen LogP contribution in [0.1, 0.15) is 22.8 Å². The van der Waals surface area contributed by atoms with Gasteiger partial charge in [-0.15, -0.1) is 0 Å². The predicted octanol–water partition coefficient (Wildman–Crippen LogP) is 4.38. The minimum atomic E-state index is 0.0880. The Balaban J connectivity index is 0.000000416. The van der Waals surface area contributed by atoms with Crippen molar-refractivity contribution < 1.29 is 52.9 Å². The molecule has 0 saturated heterocycles. The van der Waals surface area contributed by atoms with Crippen LogP contribution in [0.5, 0.6) is 23.5 Å². The average Bonchev–Trinajstić information content (AvgIpc) is 2.76. The number of aromatic nitrogens is 4. The van der Waals surface area contributed by atoms with E-state index in [0.717, 1.165) is 22.8 Å². The van der Waals surface area contributed by atoms with Gasteiger partial charge in [0, 0.05) is 47.0 Å². The van der Waals surface area contributed by atoms with E-state index in [2.05, 4.69) is 19.9 Å². The van der Waals surface area contributed by atoms with Crippen LogP contribution in [0.25, 0.3) is 0 Å². The maximum atomic E-state index is 8.70. The van der Waals surface area contributed by atoms with E-state index in [9.17, 15) is 0 Å². The van der Waals surface area contributed by atoms with Gasteiger partial charge in [0.25, 0.3) is 0 Å². The van der Waals surface area contributed by atoms with Crippen LogP contribution in [-0.4, -0.2) is 40.4 Å². The van der Waals surface area contributed by atoms with E-state index in [1.165, 1.54) is 0 Å². The molecule has 4 aromatic heterocycles. The third-order valence-electron chi connectivity index (χ3n) is 3.49. The van der Waals surface area contributed by atoms with E-state index in [1.54, 1.807) is 64.8 Å². The van der Waals surface area contributed by atoms with Crippen molar-refractivity contribution in [2.75, 3.05) is 0 Å². The van der Waals surface area contributed by atoms with Gasteiger partial charge in [0.2, 0.25) is 23.5 Å². The molecule has 4 heterocycles. The second-order valence-electron chi connectivity index (χ2n) is 6.55. The summed E-state index contributed by atoms with van der Waals surface area (Å²) in [6, 6.07) is 20.6. The summed E-state index contributed by atoms with van der Waals surface area (Å²) >= 11 is 3.63. The molecule has 180 valence electrons. The monoisotopic (exact) mass is 718 g/mol. The SMILES string of the molecule is Cc1cccc(O)n1.Cc1cccc(O)n1.Cc1cccc(O)n1.Cc1cccc(O)n1.[Mo]=[W]. The van der Waals surface area contributed by atoms with Gasteiger partial charge < -0.3 is 20.4 Å². The van der Waals surface area contributed by atoms with Crippen LogP contribution in [0.15, 0.2) is 72.8 Å². The van der Waals surface area contributed by atoms with Gasteiger partial charge in [0.1, 0.15) is 0 Å². The molecule has 34 heavy (non-hydrogen) atoms. The first-order chi connectivity index (χ1) is 16.2. The fraction of sp³-hybridized carbons (Fsp3) is 0.167. The van der Waals surface area contributed by atoms with E-state index >= 15 is 0 Å². The van der Waals surface area contributed by atoms with E-state index in [0.29, 0.717) is 0 Å². The first kappa shape index (κ1) is 31.2. The Morgan fingerprint density at radius 3 is 0.706 bits per heavy atom. The zero-order chi connectivity index (χ0) is 25.9. The van der Waals surface area contributed by atoms with Crippen molar-refractivity contribution >= 4 is 0 Å². The van der Waals surface area contributed by atoms with Crippen molar-refractivity contribution in [3.05, 3.63) is 95.6 Å². The Morgan fingerprint density at radius 1 is 0.441 bits per heavy atom. The van der Waals surface area contributed by atoms with E-state index in [-0.39, 0.29) is 23.5 Å². The standard InChI is InChI=1S/4C6H7NO.Mo.W/c4*1-5-3-2-4-6(8)7-5;;/h4*2-4H,1H3,(H,7,8);;. The summed E-state index contributed by atoms with van der Waals surface area (Å²) in [5.41, 5.74) is 3.35. The normalized spacial score (nSPS) is 8.71. The van der Waals surface area contributed by atoms with Gasteiger partial charge >= 0.3 is 32.4 Å². The van der Waals surface area contributed by atoms with Gasteiger partial charge in [0.15, 0.2) is 0 Å². The molecule has 0 fully saturated rings. The number of hydrogen-bond acceptors (Lipinski definition) is 8. The van der Waals surface area contributed by atoms with Crippen molar-refractivity contribution in [3.8, 4) is 23.5 Å². The first-order valence-electron chi connectivity index (χ1n) is 9.83. The summed E-state index contributed by atoms with van der Waals surface area (Å²) in [5, 5.41) is 34.8. The second-order valence-corrected chi connectivity index (χ2v) is 6.55. The summed E-state index contributed by atoms with van der Waals surface area (Å²) in [6.07, 6.45) is 0. The Morgan fingerprint density at radius 2 is 0.618 bits per heavy atom. The zero-order valence-electron chi connectivity index (χ0n) is 19.3. The van der Waals surface area contributed by atoms with Crippen LogP contribution < -0.4 is 0 Å². The average molecular weight is 716 g/mol. The molecule has 0 aliphatic rings. The topological polar surface area (TPSA) is 132 Å². The molecule has 0 aliphatic heterocycles. The van der Waals surface area contributed by atoms with Gasteiger partial charge in [-0.05, 0) is 52.0 Å². The molecular formula is C24H28MoN4O4W. The molecular weight excluding hydrogens is 688 g/mol. The number of aromatic hydroxyl groups is 4. The third kappa shape index (κ3) is 16.8. The van der Waals surface area contributed by atoms with Crippen LogP contribution >= 0.6 is 0 Å². The maximum absolute atomic E-state index is 8.70. The van der Waals surface area contributed by atoms with Crippen LogP contribution in [0.4, 0.5) is 0 Å². The van der Waals surface area contributed by atoms with E-state index < -0.39 is 0 Å². The summed E-state index contributed by atoms with van der Waals surface area (Å²) in [5.74, 6) is 0.352. The molecule has 0 spiro atoms. The zero-order valence-corrected chi connectivity index (χ0v) is 24.3. The van der Waals surface area contributed by atoms with Crippen molar-refractivity contribution in [2.45, 2.75) is 27.7 Å². The predicted molar refractivity (Wildman–Crippen MR) is 123 cm³/mol. The van der Waals surface area contributed by atoms with Gasteiger partial charge in [0.05, 0.1) is 0 Å². The van der Waals surface area contributed by atoms with Gasteiger partial charge in [-0.25, -0.2) is 19.9 Å². The molecule has 0 radical (unpaired) electrons. The third-order valence-corrected chi connectivity index (χ3v) is 3.49. The fourth-order valence-corrected chi connectivity index (χ4v) is 2.11. The molecule has 0 amide bonds. The number of pyridine rings is 4. The number of hydrogen-bond donors (Lipinski definition) is 4. The second kappa shape index (κ2) is 18.6. The van der Waals surface area contributed by atoms with Gasteiger partial charge in [-0.3, -0.25) is 0 Å². The van der Waals surface area contributed by atoms with Crippen LogP contribution in [-0.2, 0) is 32.4 Å². The van der Waals surface area contributed by atoms with Crippen LogP contribution in [0, 0.1) is 27.7 Å². The molecule has 4 rings (SSSR count). The Hall–Kier alpha value is -2.82. The Kier molecular flexibility index (Phi) is 17.0. The molecule has 10 heteroatoms. The fourth-order valence-electron chi connectivity index (χ4n) is 2.11. The molecule has 0 aliphatic carbocycles. The van der Waals surface area contributed by atoms with Crippen molar-refractivity contribution in [3.63, 3.8) is 0 Å². The number of rotatable bonds is 0. The molecule has 8 nitrogen and oxygen atoms in total. The molecule has 0 aromatic carbocycles. The first-order valence-corrected chi connectivity index (χ1v) is 17.7. The molecule has 0 bridgehead atoms. The number of nitrogens with zero attached hydrogens (tertiary/aromatic N) is 4. The molecule has 4 aromatic rings.